The molecule has 0 bridgehead atoms. The zero-order valence-corrected chi connectivity index (χ0v) is 9.64. The molecule has 0 saturated carbocycles. The van der Waals surface area contributed by atoms with Crippen LogP contribution in [0, 0.1) is 0 Å². The fourth-order valence-electron chi connectivity index (χ4n) is 1.44. The van der Waals surface area contributed by atoms with Crippen molar-refractivity contribution in [1.82, 2.24) is 24.8 Å². The van der Waals surface area contributed by atoms with Gasteiger partial charge in [-0.25, -0.2) is 9.50 Å². The number of hydrogen-bond acceptors (Lipinski definition) is 4. The van der Waals surface area contributed by atoms with E-state index in [1.807, 2.05) is 12.1 Å². The minimum Gasteiger partial charge on any atom is -0.324 e. The first-order chi connectivity index (χ1) is 7.84. The van der Waals surface area contributed by atoms with Gasteiger partial charge in [0.2, 0.25) is 0 Å². The van der Waals surface area contributed by atoms with E-state index in [4.69, 9.17) is 0 Å². The molecule has 3 rings (SSSR count). The van der Waals surface area contributed by atoms with E-state index in [9.17, 15) is 0 Å². The van der Waals surface area contributed by atoms with Crippen molar-refractivity contribution in [2.24, 2.45) is 0 Å². The van der Waals surface area contributed by atoms with Crippen molar-refractivity contribution in [2.75, 3.05) is 5.32 Å². The average molecular weight is 279 g/mol. The van der Waals surface area contributed by atoms with Crippen LogP contribution in [0.5, 0.6) is 0 Å². The lowest BCUT2D eigenvalue weighted by atomic mass is 10.4. The maximum absolute atomic E-state index is 4.29. The Balaban J connectivity index is 2.10. The van der Waals surface area contributed by atoms with Gasteiger partial charge in [0.1, 0.15) is 15.9 Å². The molecule has 3 aromatic heterocycles. The molecule has 0 amide bonds. The number of rotatable bonds is 2. The van der Waals surface area contributed by atoms with Crippen molar-refractivity contribution in [3.8, 4) is 0 Å². The van der Waals surface area contributed by atoms with Crippen LogP contribution in [0.2, 0.25) is 0 Å². The Labute approximate surface area is 98.8 Å². The van der Waals surface area contributed by atoms with E-state index >= 15 is 0 Å². The van der Waals surface area contributed by atoms with Gasteiger partial charge in [0.25, 0.3) is 0 Å². The summed E-state index contributed by atoms with van der Waals surface area (Å²) in [5.74, 6) is 1.52. The molecule has 0 aliphatic rings. The summed E-state index contributed by atoms with van der Waals surface area (Å²) in [6, 6.07) is 3.72. The number of aromatic nitrogens is 5. The molecule has 0 aliphatic carbocycles. The number of nitrogens with one attached hydrogen (secondary N) is 2. The number of hydrogen-bond donors (Lipinski definition) is 2. The molecule has 0 spiro atoms. The first kappa shape index (κ1) is 9.34. The van der Waals surface area contributed by atoms with Crippen LogP contribution in [0.4, 0.5) is 11.6 Å². The molecular formula is C9H7BrN6. The molecule has 0 unspecified atom stereocenters. The monoisotopic (exact) mass is 278 g/mol. The maximum Gasteiger partial charge on any atom is 0.157 e. The molecule has 0 fully saturated rings. The summed E-state index contributed by atoms with van der Waals surface area (Å²) in [5, 5.41) is 14.0. The highest BCUT2D eigenvalue weighted by atomic mass is 79.9. The van der Waals surface area contributed by atoms with Crippen LogP contribution in [-0.4, -0.2) is 24.8 Å². The summed E-state index contributed by atoms with van der Waals surface area (Å²) < 4.78 is 2.56. The van der Waals surface area contributed by atoms with Crippen LogP contribution < -0.4 is 5.32 Å². The largest absolute Gasteiger partial charge is 0.324 e. The van der Waals surface area contributed by atoms with Gasteiger partial charge in [0, 0.05) is 6.07 Å². The van der Waals surface area contributed by atoms with E-state index in [0.717, 1.165) is 21.8 Å². The molecule has 2 N–H and O–H groups in total. The first-order valence-electron chi connectivity index (χ1n) is 4.59. The van der Waals surface area contributed by atoms with Gasteiger partial charge in [-0.1, -0.05) is 0 Å². The second kappa shape index (κ2) is 3.60. The fourth-order valence-corrected chi connectivity index (χ4v) is 1.83. The van der Waals surface area contributed by atoms with Gasteiger partial charge in [-0.2, -0.15) is 10.2 Å². The topological polar surface area (TPSA) is 70.9 Å². The summed E-state index contributed by atoms with van der Waals surface area (Å²) in [5.41, 5.74) is 0.893. The van der Waals surface area contributed by atoms with Crippen LogP contribution in [0.3, 0.4) is 0 Å². The molecule has 0 aliphatic heterocycles. The van der Waals surface area contributed by atoms with E-state index < -0.39 is 0 Å². The van der Waals surface area contributed by atoms with Crippen molar-refractivity contribution in [2.45, 2.75) is 0 Å². The highest BCUT2D eigenvalue weighted by Gasteiger charge is 2.06. The van der Waals surface area contributed by atoms with Crippen molar-refractivity contribution in [1.29, 1.82) is 0 Å². The van der Waals surface area contributed by atoms with Crippen LogP contribution in [0.1, 0.15) is 0 Å². The van der Waals surface area contributed by atoms with Gasteiger partial charge < -0.3 is 5.32 Å². The minimum atomic E-state index is 0.727. The van der Waals surface area contributed by atoms with E-state index in [0.29, 0.717) is 0 Å². The second-order valence-corrected chi connectivity index (χ2v) is 3.97. The third-order valence-corrected chi connectivity index (χ3v) is 2.68. The summed E-state index contributed by atoms with van der Waals surface area (Å²) >= 11 is 3.38. The summed E-state index contributed by atoms with van der Waals surface area (Å²) in [4.78, 5) is 4.29. The van der Waals surface area contributed by atoms with Gasteiger partial charge in [-0.05, 0) is 22.0 Å². The normalized spacial score (nSPS) is 10.8. The minimum absolute atomic E-state index is 0.727. The third kappa shape index (κ3) is 1.45. The lowest BCUT2D eigenvalue weighted by Crippen LogP contribution is -1.99. The van der Waals surface area contributed by atoms with Crippen molar-refractivity contribution < 1.29 is 0 Å². The quantitative estimate of drug-likeness (QED) is 0.752. The van der Waals surface area contributed by atoms with E-state index in [1.54, 1.807) is 23.1 Å². The number of H-pyrrole nitrogens is 1. The SMILES string of the molecule is Brc1cnc(Nc2ccn[nH]2)c2ccnn12. The van der Waals surface area contributed by atoms with Gasteiger partial charge in [-0.3, -0.25) is 5.10 Å². The Morgan fingerprint density at radius 1 is 1.31 bits per heavy atom. The zero-order chi connectivity index (χ0) is 11.0. The first-order valence-corrected chi connectivity index (χ1v) is 5.38. The fraction of sp³-hybridized carbons (Fsp3) is 0. The third-order valence-electron chi connectivity index (χ3n) is 2.14. The number of fused-ring (bicyclic) bond motifs is 1. The summed E-state index contributed by atoms with van der Waals surface area (Å²) in [7, 11) is 0. The van der Waals surface area contributed by atoms with Crippen LogP contribution in [-0.2, 0) is 0 Å². The molecule has 0 radical (unpaired) electrons. The van der Waals surface area contributed by atoms with Crippen molar-refractivity contribution in [3.63, 3.8) is 0 Å². The molecule has 7 heteroatoms. The van der Waals surface area contributed by atoms with Gasteiger partial charge in [0.15, 0.2) is 5.82 Å². The average Bonchev–Trinajstić information content (AvgIpc) is 2.92. The molecule has 3 aromatic rings. The highest BCUT2D eigenvalue weighted by Crippen LogP contribution is 2.20. The van der Waals surface area contributed by atoms with Crippen molar-refractivity contribution in [3.05, 3.63) is 35.3 Å². The smallest absolute Gasteiger partial charge is 0.157 e. The van der Waals surface area contributed by atoms with E-state index in [-0.39, 0.29) is 0 Å². The molecule has 0 aromatic carbocycles. The predicted molar refractivity (Wildman–Crippen MR) is 62.6 cm³/mol. The Hall–Kier alpha value is -1.89. The number of aromatic amines is 1. The molecule has 16 heavy (non-hydrogen) atoms. The predicted octanol–water partition coefficient (Wildman–Crippen LogP) is 1.96. The Morgan fingerprint density at radius 2 is 2.25 bits per heavy atom. The molecule has 80 valence electrons. The molecule has 0 saturated heterocycles. The van der Waals surface area contributed by atoms with Gasteiger partial charge in [-0.15, -0.1) is 0 Å². The molecule has 3 heterocycles. The lowest BCUT2D eigenvalue weighted by molar-refractivity contribution is 0.920. The van der Waals surface area contributed by atoms with Crippen molar-refractivity contribution >= 4 is 33.1 Å². The van der Waals surface area contributed by atoms with E-state index in [1.165, 1.54) is 0 Å². The second-order valence-electron chi connectivity index (χ2n) is 3.15. The van der Waals surface area contributed by atoms with Gasteiger partial charge in [0.05, 0.1) is 18.6 Å². The number of nitrogens with zero attached hydrogens (tertiary/aromatic N) is 4. The van der Waals surface area contributed by atoms with Gasteiger partial charge >= 0.3 is 0 Å². The van der Waals surface area contributed by atoms with Crippen LogP contribution in [0.25, 0.3) is 5.52 Å². The molecular weight excluding hydrogens is 272 g/mol. The standard InChI is InChI=1S/C9H7BrN6/c10-7-5-11-9(6-1-4-13-16(6)7)14-8-2-3-12-15-8/h1-5H,(H2,11,12,14,15). The zero-order valence-electron chi connectivity index (χ0n) is 8.05. The highest BCUT2D eigenvalue weighted by molar-refractivity contribution is 9.10. The molecule has 0 atom stereocenters. The lowest BCUT2D eigenvalue weighted by Gasteiger charge is -2.05. The number of halogens is 1. The molecule has 6 nitrogen and oxygen atoms in total. The Bertz CT molecular complexity index is 614. The number of anilines is 2. The van der Waals surface area contributed by atoms with Crippen LogP contribution in [0.15, 0.2) is 35.3 Å². The maximum atomic E-state index is 4.29. The Kier molecular flexibility index (Phi) is 2.10. The summed E-state index contributed by atoms with van der Waals surface area (Å²) in [6.07, 6.45) is 5.09. The summed E-state index contributed by atoms with van der Waals surface area (Å²) in [6.45, 7) is 0. The van der Waals surface area contributed by atoms with E-state index in [2.05, 4.69) is 41.5 Å². The van der Waals surface area contributed by atoms with Crippen LogP contribution >= 0.6 is 15.9 Å². The Morgan fingerprint density at radius 3 is 3.06 bits per heavy atom.